The second-order valence-electron chi connectivity index (χ2n) is 3.55. The summed E-state index contributed by atoms with van der Waals surface area (Å²) in [5.41, 5.74) is 6.57. The second-order valence-corrected chi connectivity index (χ2v) is 3.55. The largest absolute Gasteiger partial charge is 0.348 e. The maximum atomic E-state index is 11.6. The average Bonchev–Trinajstić information content (AvgIpc) is 2.64. The molecule has 76 valence electrons. The lowest BCUT2D eigenvalue weighted by molar-refractivity contribution is -0.132. The summed E-state index contributed by atoms with van der Waals surface area (Å²) in [6.07, 6.45) is 2.51. The molecule has 4 nitrogen and oxygen atoms in total. The highest BCUT2D eigenvalue weighted by Crippen LogP contribution is 2.13. The van der Waals surface area contributed by atoms with E-state index in [2.05, 4.69) is 16.8 Å². The van der Waals surface area contributed by atoms with E-state index >= 15 is 0 Å². The van der Waals surface area contributed by atoms with Crippen molar-refractivity contribution in [2.24, 2.45) is 5.73 Å². The monoisotopic (exact) mass is 193 g/mol. The summed E-state index contributed by atoms with van der Waals surface area (Å²) in [4.78, 5) is 13.4. The van der Waals surface area contributed by atoms with Gasteiger partial charge in [-0.05, 0) is 12.1 Å². The first-order valence-corrected chi connectivity index (χ1v) is 4.93. The number of amides is 1. The van der Waals surface area contributed by atoms with Gasteiger partial charge in [0, 0.05) is 37.9 Å². The summed E-state index contributed by atoms with van der Waals surface area (Å²) in [6.45, 7) is 2.88. The molecule has 1 aromatic heterocycles. The number of hydrogen-bond donors (Lipinski definition) is 1. The molecule has 0 atom stereocenters. The van der Waals surface area contributed by atoms with Gasteiger partial charge in [0.1, 0.15) is 0 Å². The fraction of sp³-hybridized carbons (Fsp3) is 0.500. The third-order valence-electron chi connectivity index (χ3n) is 2.60. The van der Waals surface area contributed by atoms with Crippen molar-refractivity contribution in [2.75, 3.05) is 13.1 Å². The van der Waals surface area contributed by atoms with Gasteiger partial charge in [-0.3, -0.25) is 4.79 Å². The topological polar surface area (TPSA) is 51.3 Å². The minimum absolute atomic E-state index is 0.167. The molecular weight excluding hydrogens is 178 g/mol. The molecule has 0 radical (unpaired) electrons. The Morgan fingerprint density at radius 3 is 3.14 bits per heavy atom. The fourth-order valence-electron chi connectivity index (χ4n) is 1.81. The molecular formula is C10H15N3O. The Morgan fingerprint density at radius 1 is 1.50 bits per heavy atom. The molecule has 2 rings (SSSR count). The molecule has 0 unspecified atom stereocenters. The number of carbonyl (C=O) groups excluding carboxylic acids is 1. The Bertz CT molecular complexity index is 332. The van der Waals surface area contributed by atoms with E-state index < -0.39 is 0 Å². The predicted molar refractivity (Wildman–Crippen MR) is 53.5 cm³/mol. The lowest BCUT2D eigenvalue weighted by Gasteiger charge is -2.28. The number of hydrogen-bond acceptors (Lipinski definition) is 2. The highest BCUT2D eigenvalue weighted by molar-refractivity contribution is 5.76. The van der Waals surface area contributed by atoms with Gasteiger partial charge in [0.25, 0.3) is 0 Å². The smallest absolute Gasteiger partial charge is 0.224 e. The van der Waals surface area contributed by atoms with Gasteiger partial charge >= 0.3 is 0 Å². The van der Waals surface area contributed by atoms with Crippen LogP contribution in [0.2, 0.25) is 0 Å². The molecule has 2 N–H and O–H groups in total. The molecule has 0 saturated carbocycles. The Kier molecular flexibility index (Phi) is 2.54. The maximum absolute atomic E-state index is 11.6. The van der Waals surface area contributed by atoms with Crippen LogP contribution in [0.3, 0.4) is 0 Å². The summed E-state index contributed by atoms with van der Waals surface area (Å²) >= 11 is 0. The highest BCUT2D eigenvalue weighted by Gasteiger charge is 2.18. The van der Waals surface area contributed by atoms with E-state index in [9.17, 15) is 4.79 Å². The van der Waals surface area contributed by atoms with Crippen LogP contribution in [0.4, 0.5) is 0 Å². The Balaban J connectivity index is 2.04. The number of carbonyl (C=O) groups is 1. The standard InChI is InChI=1S/C10H15N3O/c11-4-3-10(14)13-7-6-12-5-1-2-9(12)8-13/h1-2,5H,3-4,6-8,11H2. The van der Waals surface area contributed by atoms with Crippen LogP contribution in [0.5, 0.6) is 0 Å². The van der Waals surface area contributed by atoms with Crippen LogP contribution in [-0.4, -0.2) is 28.5 Å². The number of aromatic nitrogens is 1. The Labute approximate surface area is 83.3 Å². The lowest BCUT2D eigenvalue weighted by Crippen LogP contribution is -2.38. The van der Waals surface area contributed by atoms with Gasteiger partial charge in [-0.15, -0.1) is 0 Å². The molecule has 0 fully saturated rings. The highest BCUT2D eigenvalue weighted by atomic mass is 16.2. The minimum Gasteiger partial charge on any atom is -0.348 e. The van der Waals surface area contributed by atoms with E-state index in [0.29, 0.717) is 13.0 Å². The van der Waals surface area contributed by atoms with Crippen LogP contribution in [0.1, 0.15) is 12.1 Å². The number of nitrogens with two attached hydrogens (primary N) is 1. The molecule has 1 aromatic rings. The summed E-state index contributed by atoms with van der Waals surface area (Å²) in [5.74, 6) is 0.167. The molecule has 0 saturated heterocycles. The minimum atomic E-state index is 0.167. The quantitative estimate of drug-likeness (QED) is 0.728. The zero-order valence-corrected chi connectivity index (χ0v) is 8.15. The van der Waals surface area contributed by atoms with Crippen molar-refractivity contribution >= 4 is 5.91 Å². The molecule has 1 aliphatic heterocycles. The van der Waals surface area contributed by atoms with E-state index in [4.69, 9.17) is 5.73 Å². The molecule has 1 amide bonds. The van der Waals surface area contributed by atoms with Gasteiger partial charge in [-0.2, -0.15) is 0 Å². The van der Waals surface area contributed by atoms with E-state index in [1.54, 1.807) is 0 Å². The van der Waals surface area contributed by atoms with Crippen LogP contribution in [0.15, 0.2) is 18.3 Å². The van der Waals surface area contributed by atoms with Crippen molar-refractivity contribution in [3.63, 3.8) is 0 Å². The first kappa shape index (κ1) is 9.27. The molecule has 14 heavy (non-hydrogen) atoms. The van der Waals surface area contributed by atoms with Crippen LogP contribution in [0.25, 0.3) is 0 Å². The van der Waals surface area contributed by atoms with E-state index in [-0.39, 0.29) is 5.91 Å². The van der Waals surface area contributed by atoms with E-state index in [1.807, 2.05) is 11.0 Å². The van der Waals surface area contributed by atoms with Gasteiger partial charge in [-0.25, -0.2) is 0 Å². The first-order valence-electron chi connectivity index (χ1n) is 4.93. The fourth-order valence-corrected chi connectivity index (χ4v) is 1.81. The predicted octanol–water partition coefficient (Wildman–Crippen LogP) is 0.179. The van der Waals surface area contributed by atoms with E-state index in [0.717, 1.165) is 19.6 Å². The molecule has 0 aliphatic carbocycles. The van der Waals surface area contributed by atoms with Gasteiger partial charge in [0.15, 0.2) is 0 Å². The van der Waals surface area contributed by atoms with Gasteiger partial charge in [0.2, 0.25) is 5.91 Å². The Morgan fingerprint density at radius 2 is 2.36 bits per heavy atom. The van der Waals surface area contributed by atoms with Crippen molar-refractivity contribution in [1.29, 1.82) is 0 Å². The zero-order valence-electron chi connectivity index (χ0n) is 8.15. The second kappa shape index (κ2) is 3.84. The maximum Gasteiger partial charge on any atom is 0.224 e. The van der Waals surface area contributed by atoms with Crippen LogP contribution in [-0.2, 0) is 17.9 Å². The van der Waals surface area contributed by atoms with Crippen molar-refractivity contribution in [2.45, 2.75) is 19.5 Å². The third-order valence-corrected chi connectivity index (χ3v) is 2.60. The number of rotatable bonds is 2. The average molecular weight is 193 g/mol. The van der Waals surface area contributed by atoms with Gasteiger partial charge < -0.3 is 15.2 Å². The van der Waals surface area contributed by atoms with Crippen molar-refractivity contribution in [1.82, 2.24) is 9.47 Å². The van der Waals surface area contributed by atoms with Crippen LogP contribution >= 0.6 is 0 Å². The normalized spacial score (nSPS) is 15.4. The van der Waals surface area contributed by atoms with Gasteiger partial charge in [-0.1, -0.05) is 0 Å². The summed E-state index contributed by atoms with van der Waals surface area (Å²) in [7, 11) is 0. The molecule has 1 aliphatic rings. The zero-order chi connectivity index (χ0) is 9.97. The summed E-state index contributed by atoms with van der Waals surface area (Å²) in [5, 5.41) is 0. The number of fused-ring (bicyclic) bond motifs is 1. The third kappa shape index (κ3) is 1.65. The summed E-state index contributed by atoms with van der Waals surface area (Å²) < 4.78 is 2.19. The van der Waals surface area contributed by atoms with Crippen molar-refractivity contribution in [3.8, 4) is 0 Å². The SMILES string of the molecule is NCCC(=O)N1CCn2cccc2C1. The summed E-state index contributed by atoms with van der Waals surface area (Å²) in [6, 6.07) is 4.08. The Hall–Kier alpha value is -1.29. The van der Waals surface area contributed by atoms with Crippen molar-refractivity contribution in [3.05, 3.63) is 24.0 Å². The van der Waals surface area contributed by atoms with Gasteiger partial charge in [0.05, 0.1) is 6.54 Å². The molecule has 2 heterocycles. The van der Waals surface area contributed by atoms with Crippen molar-refractivity contribution < 1.29 is 4.79 Å². The molecule has 0 spiro atoms. The van der Waals surface area contributed by atoms with Crippen LogP contribution < -0.4 is 5.73 Å². The molecule has 0 aromatic carbocycles. The van der Waals surface area contributed by atoms with Crippen LogP contribution in [0, 0.1) is 0 Å². The first-order chi connectivity index (χ1) is 6.81. The number of nitrogens with zero attached hydrogens (tertiary/aromatic N) is 2. The molecule has 4 heteroatoms. The molecule has 0 bridgehead atoms. The lowest BCUT2D eigenvalue weighted by atomic mass is 10.2. The van der Waals surface area contributed by atoms with E-state index in [1.165, 1.54) is 5.69 Å².